The molecule has 0 atom stereocenters. The van der Waals surface area contributed by atoms with Crippen LogP contribution in [0.15, 0.2) is 17.0 Å². The Kier molecular flexibility index (Phi) is 1.80. The van der Waals surface area contributed by atoms with Crippen LogP contribution in [0.4, 0.5) is 0 Å². The molecule has 0 aromatic heterocycles. The van der Waals surface area contributed by atoms with Crippen molar-refractivity contribution in [2.75, 3.05) is 13.7 Å². The highest BCUT2D eigenvalue weighted by atomic mass is 16.4. The Morgan fingerprint density at radius 2 is 2.45 bits per heavy atom. The topological polar surface area (TPSA) is 73.1 Å². The van der Waals surface area contributed by atoms with Crippen molar-refractivity contribution in [3.63, 3.8) is 0 Å². The van der Waals surface area contributed by atoms with E-state index in [4.69, 9.17) is 10.2 Å². The monoisotopic (exact) mass is 156 g/mol. The molecule has 11 heavy (non-hydrogen) atoms. The molecule has 0 saturated heterocycles. The maximum Gasteiger partial charge on any atom is 0.354 e. The Labute approximate surface area is 63.3 Å². The van der Waals surface area contributed by atoms with Crippen LogP contribution >= 0.6 is 0 Å². The first-order valence-corrected chi connectivity index (χ1v) is 3.01. The second-order valence-electron chi connectivity index (χ2n) is 2.19. The van der Waals surface area contributed by atoms with Gasteiger partial charge in [-0.25, -0.2) is 4.79 Å². The normalized spacial score (nSPS) is 17.4. The number of aliphatic carboxylic acids is 1. The maximum atomic E-state index is 10.3. The number of hydrogen-bond donors (Lipinski definition) is 2. The van der Waals surface area contributed by atoms with Crippen LogP contribution in [-0.4, -0.2) is 40.5 Å². The number of aliphatic hydroxyl groups is 1. The van der Waals surface area contributed by atoms with E-state index in [9.17, 15) is 4.79 Å². The van der Waals surface area contributed by atoms with Crippen molar-refractivity contribution in [3.8, 4) is 0 Å². The van der Waals surface area contributed by atoms with Crippen LogP contribution in [0.25, 0.3) is 0 Å². The minimum atomic E-state index is -1.12. The van der Waals surface area contributed by atoms with Crippen molar-refractivity contribution in [3.05, 3.63) is 12.0 Å². The van der Waals surface area contributed by atoms with E-state index >= 15 is 0 Å². The van der Waals surface area contributed by atoms with E-state index in [0.717, 1.165) is 6.08 Å². The quantitative estimate of drug-likeness (QED) is 0.552. The van der Waals surface area contributed by atoms with E-state index in [1.54, 1.807) is 7.05 Å². The number of carboxylic acid groups (broad SMARTS) is 1. The SMILES string of the molecule is CN1CN=C(C(=O)O)C=C1O. The van der Waals surface area contributed by atoms with E-state index in [1.165, 1.54) is 4.90 Å². The number of rotatable bonds is 1. The summed E-state index contributed by atoms with van der Waals surface area (Å²) in [4.78, 5) is 15.4. The zero-order valence-corrected chi connectivity index (χ0v) is 5.98. The van der Waals surface area contributed by atoms with Gasteiger partial charge in [0.1, 0.15) is 12.4 Å². The van der Waals surface area contributed by atoms with Gasteiger partial charge in [0.2, 0.25) is 0 Å². The fourth-order valence-electron chi connectivity index (χ4n) is 0.662. The van der Waals surface area contributed by atoms with Crippen molar-refractivity contribution >= 4 is 11.7 Å². The molecule has 0 saturated carbocycles. The summed E-state index contributed by atoms with van der Waals surface area (Å²) in [5.41, 5.74) is -0.111. The molecule has 0 radical (unpaired) electrons. The molecule has 0 aromatic rings. The standard InChI is InChI=1S/C6H8N2O3/c1-8-3-7-4(6(10)11)2-5(8)9/h2,9H,3H2,1H3,(H,10,11). The predicted molar refractivity (Wildman–Crippen MR) is 38.4 cm³/mol. The summed E-state index contributed by atoms with van der Waals surface area (Å²) in [6.45, 7) is 0.184. The van der Waals surface area contributed by atoms with Gasteiger partial charge in [-0.3, -0.25) is 4.99 Å². The Morgan fingerprint density at radius 1 is 1.82 bits per heavy atom. The van der Waals surface area contributed by atoms with Gasteiger partial charge in [0.15, 0.2) is 5.88 Å². The molecule has 1 aliphatic heterocycles. The zero-order chi connectivity index (χ0) is 8.43. The zero-order valence-electron chi connectivity index (χ0n) is 5.98. The Balaban J connectivity index is 2.83. The summed E-state index contributed by atoms with van der Waals surface area (Å²) in [6.07, 6.45) is 1.12. The second-order valence-corrected chi connectivity index (χ2v) is 2.19. The lowest BCUT2D eigenvalue weighted by Gasteiger charge is -2.18. The van der Waals surface area contributed by atoms with E-state index in [-0.39, 0.29) is 18.3 Å². The van der Waals surface area contributed by atoms with E-state index in [0.29, 0.717) is 0 Å². The van der Waals surface area contributed by atoms with Crippen LogP contribution in [-0.2, 0) is 4.79 Å². The molecule has 0 aliphatic carbocycles. The van der Waals surface area contributed by atoms with Crippen LogP contribution in [0, 0.1) is 0 Å². The molecular formula is C6H8N2O3. The number of nitrogens with zero attached hydrogens (tertiary/aromatic N) is 2. The van der Waals surface area contributed by atoms with Crippen LogP contribution in [0.5, 0.6) is 0 Å². The van der Waals surface area contributed by atoms with Gasteiger partial charge in [-0.05, 0) is 0 Å². The van der Waals surface area contributed by atoms with E-state index < -0.39 is 5.97 Å². The predicted octanol–water partition coefficient (Wildman–Crippen LogP) is -0.186. The minimum absolute atomic E-state index is 0.0719. The number of carboxylic acids is 1. The summed E-state index contributed by atoms with van der Waals surface area (Å²) in [5.74, 6) is -1.19. The first-order valence-electron chi connectivity index (χ1n) is 3.01. The van der Waals surface area contributed by atoms with Gasteiger partial charge in [-0.2, -0.15) is 0 Å². The summed E-state index contributed by atoms with van der Waals surface area (Å²) < 4.78 is 0. The average molecular weight is 156 g/mol. The summed E-state index contributed by atoms with van der Waals surface area (Å²) >= 11 is 0. The molecule has 60 valence electrons. The van der Waals surface area contributed by atoms with Crippen LogP contribution in [0.2, 0.25) is 0 Å². The van der Waals surface area contributed by atoms with Crippen molar-refractivity contribution in [2.45, 2.75) is 0 Å². The fraction of sp³-hybridized carbons (Fsp3) is 0.333. The van der Waals surface area contributed by atoms with Gasteiger partial charge in [0, 0.05) is 13.1 Å². The van der Waals surface area contributed by atoms with E-state index in [2.05, 4.69) is 4.99 Å². The Bertz CT molecular complexity index is 244. The highest BCUT2D eigenvalue weighted by Crippen LogP contribution is 2.03. The number of aliphatic imine (C=N–C) groups is 1. The molecule has 0 bridgehead atoms. The Hall–Kier alpha value is -1.52. The molecule has 5 heteroatoms. The second kappa shape index (κ2) is 2.61. The number of carbonyl (C=O) groups is 1. The molecule has 5 nitrogen and oxygen atoms in total. The third-order valence-electron chi connectivity index (χ3n) is 1.33. The van der Waals surface area contributed by atoms with Crippen molar-refractivity contribution in [1.82, 2.24) is 4.90 Å². The summed E-state index contributed by atoms with van der Waals surface area (Å²) in [5, 5.41) is 17.5. The lowest BCUT2D eigenvalue weighted by molar-refractivity contribution is -0.129. The van der Waals surface area contributed by atoms with Crippen LogP contribution < -0.4 is 0 Å². The first kappa shape index (κ1) is 7.59. The van der Waals surface area contributed by atoms with Crippen molar-refractivity contribution < 1.29 is 15.0 Å². The van der Waals surface area contributed by atoms with Gasteiger partial charge in [-0.15, -0.1) is 0 Å². The first-order chi connectivity index (χ1) is 5.11. The molecule has 0 amide bonds. The van der Waals surface area contributed by atoms with Gasteiger partial charge in [0.05, 0.1) is 0 Å². The highest BCUT2D eigenvalue weighted by Gasteiger charge is 2.14. The molecule has 0 fully saturated rings. The number of aliphatic hydroxyl groups excluding tert-OH is 1. The van der Waals surface area contributed by atoms with Crippen LogP contribution in [0.3, 0.4) is 0 Å². The Morgan fingerprint density at radius 3 is 2.91 bits per heavy atom. The molecular weight excluding hydrogens is 148 g/mol. The lowest BCUT2D eigenvalue weighted by atomic mass is 10.3. The van der Waals surface area contributed by atoms with Crippen molar-refractivity contribution in [2.24, 2.45) is 4.99 Å². The van der Waals surface area contributed by atoms with Gasteiger partial charge in [0.25, 0.3) is 0 Å². The molecule has 0 unspecified atom stereocenters. The smallest absolute Gasteiger partial charge is 0.354 e. The lowest BCUT2D eigenvalue weighted by Crippen LogP contribution is -2.26. The molecule has 0 spiro atoms. The van der Waals surface area contributed by atoms with Gasteiger partial charge in [-0.1, -0.05) is 0 Å². The summed E-state index contributed by atoms with van der Waals surface area (Å²) in [6, 6.07) is 0. The molecule has 2 N–H and O–H groups in total. The fourth-order valence-corrected chi connectivity index (χ4v) is 0.662. The number of hydrogen-bond acceptors (Lipinski definition) is 4. The molecule has 1 aliphatic rings. The van der Waals surface area contributed by atoms with Crippen LogP contribution in [0.1, 0.15) is 0 Å². The molecule has 1 rings (SSSR count). The third kappa shape index (κ3) is 1.49. The maximum absolute atomic E-state index is 10.3. The highest BCUT2D eigenvalue weighted by molar-refractivity contribution is 6.40. The van der Waals surface area contributed by atoms with E-state index in [1.807, 2.05) is 0 Å². The van der Waals surface area contributed by atoms with Gasteiger partial charge >= 0.3 is 5.97 Å². The summed E-state index contributed by atoms with van der Waals surface area (Å²) in [7, 11) is 1.62. The third-order valence-corrected chi connectivity index (χ3v) is 1.33. The minimum Gasteiger partial charge on any atom is -0.495 e. The average Bonchev–Trinajstić information content (AvgIpc) is 1.94. The van der Waals surface area contributed by atoms with Crippen molar-refractivity contribution in [1.29, 1.82) is 0 Å². The molecule has 0 aromatic carbocycles. The largest absolute Gasteiger partial charge is 0.495 e. The molecule has 1 heterocycles. The van der Waals surface area contributed by atoms with Gasteiger partial charge < -0.3 is 15.1 Å².